The maximum Gasteiger partial charge on any atom is 0.268 e. The Balaban J connectivity index is 1.72. The first-order valence-corrected chi connectivity index (χ1v) is 6.39. The van der Waals surface area contributed by atoms with E-state index in [0.29, 0.717) is 23.6 Å². The molecule has 0 aromatic carbocycles. The standard InChI is InChI=1S/C12H11N3O2S/c16-12-11-9(2-4-18-11)14-10(15-12)6-13-5-8-1-3-17-7-8/h1-4,7,13H,5-6H2,(H,14,15,16). The fourth-order valence-corrected chi connectivity index (χ4v) is 2.45. The molecule has 2 N–H and O–H groups in total. The average molecular weight is 261 g/mol. The van der Waals surface area contributed by atoms with Gasteiger partial charge in [-0.25, -0.2) is 4.98 Å². The summed E-state index contributed by atoms with van der Waals surface area (Å²) in [6.45, 7) is 1.20. The van der Waals surface area contributed by atoms with E-state index in [1.54, 1.807) is 12.5 Å². The van der Waals surface area contributed by atoms with Gasteiger partial charge in [-0.05, 0) is 17.5 Å². The van der Waals surface area contributed by atoms with E-state index in [1.165, 1.54) is 11.3 Å². The van der Waals surface area contributed by atoms with Crippen LogP contribution in [0.1, 0.15) is 11.4 Å². The highest BCUT2D eigenvalue weighted by molar-refractivity contribution is 7.17. The number of nitrogens with zero attached hydrogens (tertiary/aromatic N) is 1. The third-order valence-electron chi connectivity index (χ3n) is 2.57. The largest absolute Gasteiger partial charge is 0.472 e. The molecule has 0 spiro atoms. The molecule has 3 aromatic rings. The maximum atomic E-state index is 11.7. The quantitative estimate of drug-likeness (QED) is 0.752. The summed E-state index contributed by atoms with van der Waals surface area (Å²) in [6, 6.07) is 3.75. The molecule has 0 amide bonds. The van der Waals surface area contributed by atoms with Gasteiger partial charge in [0.05, 0.1) is 24.6 Å². The van der Waals surface area contributed by atoms with Crippen LogP contribution in [-0.2, 0) is 13.1 Å². The summed E-state index contributed by atoms with van der Waals surface area (Å²) < 4.78 is 5.65. The lowest BCUT2D eigenvalue weighted by atomic mass is 10.3. The summed E-state index contributed by atoms with van der Waals surface area (Å²) in [5.74, 6) is 0.648. The lowest BCUT2D eigenvalue weighted by Crippen LogP contribution is -2.18. The summed E-state index contributed by atoms with van der Waals surface area (Å²) in [5, 5.41) is 5.07. The minimum absolute atomic E-state index is 0.0740. The van der Waals surface area contributed by atoms with Crippen molar-refractivity contribution in [2.24, 2.45) is 0 Å². The molecule has 0 aliphatic rings. The summed E-state index contributed by atoms with van der Waals surface area (Å²) >= 11 is 1.41. The molecule has 0 saturated heterocycles. The van der Waals surface area contributed by atoms with Crippen LogP contribution in [0.25, 0.3) is 10.2 Å². The number of thiophene rings is 1. The molecule has 3 aromatic heterocycles. The van der Waals surface area contributed by atoms with Gasteiger partial charge in [0.1, 0.15) is 10.5 Å². The van der Waals surface area contributed by atoms with Crippen molar-refractivity contribution in [1.82, 2.24) is 15.3 Å². The van der Waals surface area contributed by atoms with Crippen molar-refractivity contribution < 1.29 is 4.42 Å². The van der Waals surface area contributed by atoms with Crippen molar-refractivity contribution in [3.63, 3.8) is 0 Å². The maximum absolute atomic E-state index is 11.7. The molecular formula is C12H11N3O2S. The summed E-state index contributed by atoms with van der Waals surface area (Å²) in [6.07, 6.45) is 3.32. The zero-order valence-corrected chi connectivity index (χ0v) is 10.3. The Morgan fingerprint density at radius 2 is 2.33 bits per heavy atom. The van der Waals surface area contributed by atoms with Gasteiger partial charge >= 0.3 is 0 Å². The molecule has 5 nitrogen and oxygen atoms in total. The van der Waals surface area contributed by atoms with Gasteiger partial charge < -0.3 is 14.7 Å². The molecule has 0 fully saturated rings. The van der Waals surface area contributed by atoms with E-state index in [1.807, 2.05) is 17.5 Å². The highest BCUT2D eigenvalue weighted by Crippen LogP contribution is 2.13. The number of H-pyrrole nitrogens is 1. The number of nitrogens with one attached hydrogen (secondary N) is 2. The first-order valence-electron chi connectivity index (χ1n) is 5.51. The van der Waals surface area contributed by atoms with Crippen LogP contribution in [0.5, 0.6) is 0 Å². The van der Waals surface area contributed by atoms with Crippen LogP contribution in [0.3, 0.4) is 0 Å². The van der Waals surface area contributed by atoms with Crippen molar-refractivity contribution in [2.75, 3.05) is 0 Å². The van der Waals surface area contributed by atoms with Crippen LogP contribution < -0.4 is 10.9 Å². The van der Waals surface area contributed by atoms with Crippen molar-refractivity contribution in [2.45, 2.75) is 13.1 Å². The molecule has 0 radical (unpaired) electrons. The number of rotatable bonds is 4. The fraction of sp³-hybridized carbons (Fsp3) is 0.167. The van der Waals surface area contributed by atoms with Crippen LogP contribution >= 0.6 is 11.3 Å². The predicted molar refractivity (Wildman–Crippen MR) is 69.5 cm³/mol. The van der Waals surface area contributed by atoms with Crippen molar-refractivity contribution >= 4 is 21.6 Å². The third-order valence-corrected chi connectivity index (χ3v) is 3.47. The Labute approximate surface area is 106 Å². The van der Waals surface area contributed by atoms with Gasteiger partial charge in [-0.1, -0.05) is 0 Å². The molecule has 3 heterocycles. The highest BCUT2D eigenvalue weighted by Gasteiger charge is 2.04. The van der Waals surface area contributed by atoms with E-state index in [2.05, 4.69) is 15.3 Å². The zero-order valence-electron chi connectivity index (χ0n) is 9.47. The van der Waals surface area contributed by atoms with E-state index in [4.69, 9.17) is 4.42 Å². The molecule has 0 unspecified atom stereocenters. The fourth-order valence-electron chi connectivity index (χ4n) is 1.72. The van der Waals surface area contributed by atoms with E-state index >= 15 is 0 Å². The molecule has 92 valence electrons. The lowest BCUT2D eigenvalue weighted by Gasteiger charge is -2.02. The van der Waals surface area contributed by atoms with Gasteiger partial charge in [0.25, 0.3) is 5.56 Å². The van der Waals surface area contributed by atoms with Gasteiger partial charge in [-0.3, -0.25) is 4.79 Å². The Kier molecular flexibility index (Phi) is 2.95. The van der Waals surface area contributed by atoms with Gasteiger partial charge in [0.2, 0.25) is 0 Å². The second-order valence-corrected chi connectivity index (χ2v) is 4.80. The van der Waals surface area contributed by atoms with Crippen molar-refractivity contribution in [1.29, 1.82) is 0 Å². The van der Waals surface area contributed by atoms with Crippen molar-refractivity contribution in [3.05, 3.63) is 51.8 Å². The second-order valence-electron chi connectivity index (χ2n) is 3.88. The molecule has 0 aliphatic carbocycles. The van der Waals surface area contributed by atoms with E-state index in [-0.39, 0.29) is 5.56 Å². The SMILES string of the molecule is O=c1[nH]c(CNCc2ccoc2)nc2ccsc12. The molecular weight excluding hydrogens is 250 g/mol. The lowest BCUT2D eigenvalue weighted by molar-refractivity contribution is 0.559. The number of aromatic amines is 1. The minimum Gasteiger partial charge on any atom is -0.472 e. The topological polar surface area (TPSA) is 70.9 Å². The Morgan fingerprint density at radius 1 is 1.39 bits per heavy atom. The summed E-state index contributed by atoms with van der Waals surface area (Å²) in [5.41, 5.74) is 1.74. The Bertz CT molecular complexity index is 700. The van der Waals surface area contributed by atoms with Crippen LogP contribution in [0.4, 0.5) is 0 Å². The van der Waals surface area contributed by atoms with E-state index in [9.17, 15) is 4.79 Å². The Hall–Kier alpha value is -1.92. The molecule has 0 aliphatic heterocycles. The van der Waals surface area contributed by atoms with Crippen LogP contribution in [0, 0.1) is 0 Å². The first kappa shape index (κ1) is 11.2. The second kappa shape index (κ2) is 4.75. The molecule has 3 rings (SSSR count). The number of aromatic nitrogens is 2. The van der Waals surface area contributed by atoms with Crippen LogP contribution in [0.15, 0.2) is 39.3 Å². The monoisotopic (exact) mass is 261 g/mol. The van der Waals surface area contributed by atoms with Gasteiger partial charge in [-0.15, -0.1) is 11.3 Å². The summed E-state index contributed by atoms with van der Waals surface area (Å²) in [4.78, 5) is 18.9. The molecule has 6 heteroatoms. The molecule has 0 bridgehead atoms. The van der Waals surface area contributed by atoms with Gasteiger partial charge in [-0.2, -0.15) is 0 Å². The smallest absolute Gasteiger partial charge is 0.268 e. The number of hydrogen-bond donors (Lipinski definition) is 2. The van der Waals surface area contributed by atoms with Crippen LogP contribution in [-0.4, -0.2) is 9.97 Å². The highest BCUT2D eigenvalue weighted by atomic mass is 32.1. The Morgan fingerprint density at radius 3 is 3.17 bits per heavy atom. The summed E-state index contributed by atoms with van der Waals surface area (Å²) in [7, 11) is 0. The first-order chi connectivity index (χ1) is 8.83. The zero-order chi connectivity index (χ0) is 12.4. The number of furan rings is 1. The van der Waals surface area contributed by atoms with Gasteiger partial charge in [0, 0.05) is 12.1 Å². The normalized spacial score (nSPS) is 11.1. The molecule has 0 saturated carbocycles. The van der Waals surface area contributed by atoms with Crippen molar-refractivity contribution in [3.8, 4) is 0 Å². The molecule has 18 heavy (non-hydrogen) atoms. The minimum atomic E-state index is -0.0740. The predicted octanol–water partition coefficient (Wildman–Crippen LogP) is 1.87. The molecule has 0 atom stereocenters. The number of hydrogen-bond acceptors (Lipinski definition) is 5. The van der Waals surface area contributed by atoms with E-state index in [0.717, 1.165) is 11.1 Å². The van der Waals surface area contributed by atoms with Gasteiger partial charge in [0.15, 0.2) is 0 Å². The average Bonchev–Trinajstić information content (AvgIpc) is 2.99. The van der Waals surface area contributed by atoms with Crippen LogP contribution in [0.2, 0.25) is 0 Å². The van der Waals surface area contributed by atoms with E-state index < -0.39 is 0 Å². The third kappa shape index (κ3) is 2.20. The number of fused-ring (bicyclic) bond motifs is 1.